The normalized spacial score (nSPS) is 19.8. The Bertz CT molecular complexity index is 412. The van der Waals surface area contributed by atoms with Crippen LogP contribution in [0, 0.1) is 5.82 Å². The third kappa shape index (κ3) is 3.00. The fourth-order valence-electron chi connectivity index (χ4n) is 2.37. The van der Waals surface area contributed by atoms with Crippen LogP contribution in [0.1, 0.15) is 44.3 Å². The summed E-state index contributed by atoms with van der Waals surface area (Å²) in [4.78, 5) is 0. The van der Waals surface area contributed by atoms with Crippen LogP contribution in [-0.2, 0) is 0 Å². The lowest BCUT2D eigenvalue weighted by Gasteiger charge is -2.23. The summed E-state index contributed by atoms with van der Waals surface area (Å²) in [7, 11) is 0. The summed E-state index contributed by atoms with van der Waals surface area (Å²) >= 11 is 0. The maximum atomic E-state index is 13.2. The van der Waals surface area contributed by atoms with Gasteiger partial charge in [0.05, 0.1) is 11.7 Å². The van der Waals surface area contributed by atoms with Crippen molar-refractivity contribution in [1.29, 1.82) is 0 Å². The first-order chi connectivity index (χ1) is 8.50. The Morgan fingerprint density at radius 1 is 1.39 bits per heavy atom. The van der Waals surface area contributed by atoms with E-state index in [0.29, 0.717) is 24.2 Å². The molecule has 1 aliphatic rings. The van der Waals surface area contributed by atoms with E-state index in [9.17, 15) is 14.6 Å². The van der Waals surface area contributed by atoms with E-state index in [2.05, 4.69) is 0 Å². The lowest BCUT2D eigenvalue weighted by Crippen LogP contribution is -2.32. The first-order valence-corrected chi connectivity index (χ1v) is 6.33. The van der Waals surface area contributed by atoms with E-state index in [0.717, 1.165) is 12.8 Å². The molecule has 0 unspecified atom stereocenters. The topological polar surface area (TPSA) is 49.7 Å². The predicted octanol–water partition coefficient (Wildman–Crippen LogP) is 2.56. The van der Waals surface area contributed by atoms with Gasteiger partial charge in [0.1, 0.15) is 18.2 Å². The molecule has 1 aromatic rings. The predicted molar refractivity (Wildman–Crippen MR) is 65.9 cm³/mol. The van der Waals surface area contributed by atoms with Gasteiger partial charge in [-0.15, -0.1) is 0 Å². The summed E-state index contributed by atoms with van der Waals surface area (Å²) < 4.78 is 18.7. The summed E-state index contributed by atoms with van der Waals surface area (Å²) in [5.41, 5.74) is -0.263. The van der Waals surface area contributed by atoms with E-state index in [1.165, 1.54) is 18.2 Å². The maximum absolute atomic E-state index is 13.2. The van der Waals surface area contributed by atoms with Crippen LogP contribution >= 0.6 is 0 Å². The van der Waals surface area contributed by atoms with Crippen molar-refractivity contribution in [3.05, 3.63) is 29.6 Å². The minimum Gasteiger partial charge on any atom is -0.490 e. The highest BCUT2D eigenvalue weighted by atomic mass is 19.1. The molecule has 1 atom stereocenters. The molecule has 100 valence electrons. The SMILES string of the molecule is C[C@@H](O)c1ccc(F)cc1OCC1(O)CCCC1. The average molecular weight is 254 g/mol. The van der Waals surface area contributed by atoms with Gasteiger partial charge >= 0.3 is 0 Å². The summed E-state index contributed by atoms with van der Waals surface area (Å²) in [5.74, 6) is -0.0989. The van der Waals surface area contributed by atoms with Crippen LogP contribution in [-0.4, -0.2) is 22.4 Å². The Morgan fingerprint density at radius 2 is 2.06 bits per heavy atom. The standard InChI is InChI=1S/C14H19FO3/c1-10(16)12-5-4-11(15)8-13(12)18-9-14(17)6-2-3-7-14/h4-5,8,10,16-17H,2-3,6-7,9H2,1H3/t10-/m1/s1. The molecule has 0 bridgehead atoms. The van der Waals surface area contributed by atoms with Crippen LogP contribution in [0.5, 0.6) is 5.75 Å². The van der Waals surface area contributed by atoms with Crippen molar-refractivity contribution in [3.8, 4) is 5.75 Å². The van der Waals surface area contributed by atoms with Crippen LogP contribution < -0.4 is 4.74 Å². The first kappa shape index (κ1) is 13.3. The Kier molecular flexibility index (Phi) is 3.88. The van der Waals surface area contributed by atoms with E-state index in [1.807, 2.05) is 0 Å². The van der Waals surface area contributed by atoms with Gasteiger partial charge in [-0.1, -0.05) is 12.8 Å². The van der Waals surface area contributed by atoms with E-state index in [-0.39, 0.29) is 6.61 Å². The number of benzene rings is 1. The quantitative estimate of drug-likeness (QED) is 0.868. The maximum Gasteiger partial charge on any atom is 0.128 e. The molecule has 2 rings (SSSR count). The molecular formula is C14H19FO3. The van der Waals surface area contributed by atoms with Crippen molar-refractivity contribution in [1.82, 2.24) is 0 Å². The number of aliphatic hydroxyl groups excluding tert-OH is 1. The fraction of sp³-hybridized carbons (Fsp3) is 0.571. The second kappa shape index (κ2) is 5.24. The van der Waals surface area contributed by atoms with Crippen molar-refractivity contribution in [2.24, 2.45) is 0 Å². The van der Waals surface area contributed by atoms with Crippen LogP contribution in [0.4, 0.5) is 4.39 Å². The molecule has 0 amide bonds. The second-order valence-electron chi connectivity index (χ2n) is 5.08. The average Bonchev–Trinajstić information content (AvgIpc) is 2.74. The van der Waals surface area contributed by atoms with Gasteiger partial charge in [-0.3, -0.25) is 0 Å². The zero-order chi connectivity index (χ0) is 13.2. The summed E-state index contributed by atoms with van der Waals surface area (Å²) in [6.07, 6.45) is 2.69. The lowest BCUT2D eigenvalue weighted by molar-refractivity contribution is 0.000373. The molecule has 1 fully saturated rings. The zero-order valence-electron chi connectivity index (χ0n) is 10.5. The van der Waals surface area contributed by atoms with E-state index >= 15 is 0 Å². The summed E-state index contributed by atoms with van der Waals surface area (Å²) in [6.45, 7) is 1.75. The molecule has 0 heterocycles. The van der Waals surface area contributed by atoms with E-state index in [4.69, 9.17) is 4.74 Å². The van der Waals surface area contributed by atoms with Crippen LogP contribution in [0.2, 0.25) is 0 Å². The zero-order valence-corrected chi connectivity index (χ0v) is 10.5. The second-order valence-corrected chi connectivity index (χ2v) is 5.08. The Hall–Kier alpha value is -1.13. The van der Waals surface area contributed by atoms with Gasteiger partial charge in [-0.05, 0) is 31.9 Å². The molecular weight excluding hydrogens is 235 g/mol. The van der Waals surface area contributed by atoms with Gasteiger partial charge in [0, 0.05) is 11.6 Å². The van der Waals surface area contributed by atoms with Crippen molar-refractivity contribution < 1.29 is 19.3 Å². The molecule has 0 spiro atoms. The molecule has 18 heavy (non-hydrogen) atoms. The molecule has 1 aromatic carbocycles. The van der Waals surface area contributed by atoms with Gasteiger partial charge in [0.25, 0.3) is 0 Å². The van der Waals surface area contributed by atoms with Crippen LogP contribution in [0.25, 0.3) is 0 Å². The molecule has 0 aliphatic heterocycles. The van der Waals surface area contributed by atoms with Crippen LogP contribution in [0.3, 0.4) is 0 Å². The van der Waals surface area contributed by atoms with Crippen LogP contribution in [0.15, 0.2) is 18.2 Å². The highest BCUT2D eigenvalue weighted by Gasteiger charge is 2.32. The first-order valence-electron chi connectivity index (χ1n) is 6.33. The number of rotatable bonds is 4. The Balaban J connectivity index is 2.10. The monoisotopic (exact) mass is 254 g/mol. The number of aliphatic hydroxyl groups is 2. The number of halogens is 1. The molecule has 0 aromatic heterocycles. The fourth-order valence-corrected chi connectivity index (χ4v) is 2.37. The van der Waals surface area contributed by atoms with E-state index < -0.39 is 17.5 Å². The molecule has 4 heteroatoms. The van der Waals surface area contributed by atoms with Gasteiger partial charge in [-0.25, -0.2) is 4.39 Å². The lowest BCUT2D eigenvalue weighted by atomic mass is 10.0. The molecule has 0 radical (unpaired) electrons. The van der Waals surface area contributed by atoms with Gasteiger partial charge < -0.3 is 14.9 Å². The smallest absolute Gasteiger partial charge is 0.128 e. The summed E-state index contributed by atoms with van der Waals surface area (Å²) in [5, 5.41) is 19.8. The minimum atomic E-state index is -0.803. The van der Waals surface area contributed by atoms with E-state index in [1.54, 1.807) is 6.92 Å². The number of ether oxygens (including phenoxy) is 1. The largest absolute Gasteiger partial charge is 0.490 e. The van der Waals surface area contributed by atoms with Crippen molar-refractivity contribution in [2.45, 2.75) is 44.3 Å². The summed E-state index contributed by atoms with van der Waals surface area (Å²) in [6, 6.07) is 4.05. The highest BCUT2D eigenvalue weighted by Crippen LogP contribution is 2.32. The van der Waals surface area contributed by atoms with Gasteiger partial charge in [0.2, 0.25) is 0 Å². The molecule has 2 N–H and O–H groups in total. The molecule has 1 aliphatic carbocycles. The third-order valence-electron chi connectivity index (χ3n) is 3.46. The van der Waals surface area contributed by atoms with Gasteiger partial charge in [-0.2, -0.15) is 0 Å². The van der Waals surface area contributed by atoms with Gasteiger partial charge in [0.15, 0.2) is 0 Å². The van der Waals surface area contributed by atoms with Crippen molar-refractivity contribution in [3.63, 3.8) is 0 Å². The Labute approximate surface area is 106 Å². The van der Waals surface area contributed by atoms with Crippen molar-refractivity contribution in [2.75, 3.05) is 6.61 Å². The minimum absolute atomic E-state index is 0.149. The Morgan fingerprint density at radius 3 is 2.67 bits per heavy atom. The highest BCUT2D eigenvalue weighted by molar-refractivity contribution is 5.35. The molecule has 0 saturated heterocycles. The number of hydrogen-bond acceptors (Lipinski definition) is 3. The molecule has 3 nitrogen and oxygen atoms in total. The third-order valence-corrected chi connectivity index (χ3v) is 3.46. The van der Waals surface area contributed by atoms with Crippen molar-refractivity contribution >= 4 is 0 Å². The molecule has 1 saturated carbocycles. The number of hydrogen-bond donors (Lipinski definition) is 2.